The fourth-order valence-corrected chi connectivity index (χ4v) is 3.12. The molecule has 0 aliphatic rings. The third-order valence-corrected chi connectivity index (χ3v) is 4.78. The molecule has 0 saturated heterocycles. The van der Waals surface area contributed by atoms with Crippen LogP contribution < -0.4 is 20.3 Å². The highest BCUT2D eigenvalue weighted by atomic mass is 127. The van der Waals surface area contributed by atoms with Crippen LogP contribution in [0.5, 0.6) is 5.75 Å². The number of pyridine rings is 1. The highest BCUT2D eigenvalue weighted by Crippen LogP contribution is 2.22. The van der Waals surface area contributed by atoms with Crippen LogP contribution in [-0.4, -0.2) is 45.7 Å². The molecule has 160 valence electrons. The maximum absolute atomic E-state index is 5.20. The number of aliphatic imine (C=N–C) groups is 1. The van der Waals surface area contributed by atoms with Gasteiger partial charge in [0.2, 0.25) is 0 Å². The number of rotatable bonds is 7. The molecule has 0 spiro atoms. The summed E-state index contributed by atoms with van der Waals surface area (Å²) in [5.41, 5.74) is 3.44. The summed E-state index contributed by atoms with van der Waals surface area (Å²) in [5, 5.41) is 7.96. The third kappa shape index (κ3) is 6.22. The first-order valence-corrected chi connectivity index (χ1v) is 9.74. The van der Waals surface area contributed by atoms with Gasteiger partial charge in [-0.1, -0.05) is 30.3 Å². The second kappa shape index (κ2) is 11.6. The summed E-state index contributed by atoms with van der Waals surface area (Å²) in [7, 11) is 7.49. The van der Waals surface area contributed by atoms with Crippen molar-refractivity contribution in [1.29, 1.82) is 0 Å². The highest BCUT2D eigenvalue weighted by molar-refractivity contribution is 14.0. The summed E-state index contributed by atoms with van der Waals surface area (Å²) in [6.45, 7) is 1.47. The number of nitrogens with zero attached hydrogens (tertiary/aromatic N) is 3. The Morgan fingerprint density at radius 3 is 2.47 bits per heavy atom. The second-order valence-corrected chi connectivity index (χ2v) is 7.00. The first-order valence-electron chi connectivity index (χ1n) is 9.74. The summed E-state index contributed by atoms with van der Waals surface area (Å²) in [5.74, 6) is 2.61. The number of benzene rings is 2. The molecule has 0 radical (unpaired) electrons. The Kier molecular flexibility index (Phi) is 9.16. The molecule has 0 fully saturated rings. The van der Waals surface area contributed by atoms with Crippen molar-refractivity contribution in [2.45, 2.75) is 13.0 Å². The van der Waals surface area contributed by atoms with Gasteiger partial charge in [-0.25, -0.2) is 4.98 Å². The highest BCUT2D eigenvalue weighted by Gasteiger charge is 2.08. The molecule has 0 aliphatic heterocycles. The Bertz CT molecular complexity index is 973. The molecule has 1 aromatic heterocycles. The zero-order valence-electron chi connectivity index (χ0n) is 18.0. The second-order valence-electron chi connectivity index (χ2n) is 7.00. The monoisotopic (exact) mass is 519 g/mol. The van der Waals surface area contributed by atoms with E-state index in [2.05, 4.69) is 39.9 Å². The van der Waals surface area contributed by atoms with E-state index in [4.69, 9.17) is 9.72 Å². The van der Waals surface area contributed by atoms with Crippen molar-refractivity contribution < 1.29 is 4.74 Å². The molecule has 3 rings (SSSR count). The number of nitrogens with one attached hydrogen (secondary N) is 2. The molecule has 1 heterocycles. The molecule has 2 N–H and O–H groups in total. The number of guanidine groups is 1. The molecule has 0 aliphatic carbocycles. The van der Waals surface area contributed by atoms with E-state index in [0.29, 0.717) is 6.54 Å². The van der Waals surface area contributed by atoms with E-state index in [0.717, 1.165) is 41.4 Å². The van der Waals surface area contributed by atoms with Crippen LogP contribution in [0.4, 0.5) is 5.82 Å². The van der Waals surface area contributed by atoms with E-state index < -0.39 is 0 Å². The third-order valence-electron chi connectivity index (χ3n) is 4.78. The van der Waals surface area contributed by atoms with Crippen molar-refractivity contribution in [3.8, 4) is 5.75 Å². The summed E-state index contributed by atoms with van der Waals surface area (Å²) < 4.78 is 5.20. The topological polar surface area (TPSA) is 61.8 Å². The first kappa shape index (κ1) is 23.7. The number of aromatic nitrogens is 1. The lowest BCUT2D eigenvalue weighted by Crippen LogP contribution is -2.37. The molecule has 6 nitrogen and oxygen atoms in total. The van der Waals surface area contributed by atoms with Gasteiger partial charge in [-0.3, -0.25) is 4.99 Å². The normalized spacial score (nSPS) is 11.0. The van der Waals surface area contributed by atoms with Crippen molar-refractivity contribution in [2.24, 2.45) is 4.99 Å². The van der Waals surface area contributed by atoms with E-state index >= 15 is 0 Å². The van der Waals surface area contributed by atoms with Gasteiger partial charge in [0, 0.05) is 39.6 Å². The van der Waals surface area contributed by atoms with Crippen LogP contribution in [0, 0.1) is 0 Å². The number of hydrogen-bond donors (Lipinski definition) is 2. The SMILES string of the molecule is CN=C(NCCc1ccc(OC)cc1)NCc1cc(N(C)C)nc2ccccc12.I. The van der Waals surface area contributed by atoms with Crippen LogP contribution in [0.2, 0.25) is 0 Å². The van der Waals surface area contributed by atoms with Gasteiger partial charge in [0.05, 0.1) is 12.6 Å². The van der Waals surface area contributed by atoms with Gasteiger partial charge in [-0.2, -0.15) is 0 Å². The number of methoxy groups -OCH3 is 1. The van der Waals surface area contributed by atoms with Gasteiger partial charge < -0.3 is 20.3 Å². The maximum atomic E-state index is 5.20. The number of fused-ring (bicyclic) bond motifs is 1. The van der Waals surface area contributed by atoms with Gasteiger partial charge in [0.25, 0.3) is 0 Å². The minimum absolute atomic E-state index is 0. The minimum Gasteiger partial charge on any atom is -0.497 e. The Morgan fingerprint density at radius 1 is 1.07 bits per heavy atom. The van der Waals surface area contributed by atoms with E-state index in [9.17, 15) is 0 Å². The van der Waals surface area contributed by atoms with Gasteiger partial charge >= 0.3 is 0 Å². The van der Waals surface area contributed by atoms with Crippen LogP contribution in [0.1, 0.15) is 11.1 Å². The van der Waals surface area contributed by atoms with Crippen molar-refractivity contribution >= 4 is 46.7 Å². The van der Waals surface area contributed by atoms with Crippen molar-refractivity contribution in [1.82, 2.24) is 15.6 Å². The average molecular weight is 519 g/mol. The zero-order chi connectivity index (χ0) is 20.6. The fourth-order valence-electron chi connectivity index (χ4n) is 3.12. The number of halogens is 1. The van der Waals surface area contributed by atoms with Crippen LogP contribution in [-0.2, 0) is 13.0 Å². The molecule has 0 bridgehead atoms. The molecule has 0 saturated carbocycles. The van der Waals surface area contributed by atoms with Crippen LogP contribution in [0.15, 0.2) is 59.6 Å². The van der Waals surface area contributed by atoms with Crippen LogP contribution in [0.3, 0.4) is 0 Å². The Labute approximate surface area is 195 Å². The molecule has 0 unspecified atom stereocenters. The van der Waals surface area contributed by atoms with E-state index in [1.165, 1.54) is 11.1 Å². The summed E-state index contributed by atoms with van der Waals surface area (Å²) >= 11 is 0. The average Bonchev–Trinajstić information content (AvgIpc) is 2.76. The fraction of sp³-hybridized carbons (Fsp3) is 0.304. The molecule has 0 amide bonds. The summed E-state index contributed by atoms with van der Waals surface area (Å²) in [6.07, 6.45) is 0.910. The zero-order valence-corrected chi connectivity index (χ0v) is 20.3. The predicted octanol–water partition coefficient (Wildman–Crippen LogP) is 3.84. The lowest BCUT2D eigenvalue weighted by atomic mass is 10.1. The van der Waals surface area contributed by atoms with Crippen molar-refractivity contribution in [3.63, 3.8) is 0 Å². The maximum Gasteiger partial charge on any atom is 0.191 e. The molecule has 30 heavy (non-hydrogen) atoms. The van der Waals surface area contributed by atoms with E-state index in [-0.39, 0.29) is 24.0 Å². The van der Waals surface area contributed by atoms with Crippen molar-refractivity contribution in [2.75, 3.05) is 39.7 Å². The molecular weight excluding hydrogens is 489 g/mol. The standard InChI is InChI=1S/C23H29N5O.HI/c1-24-23(25-14-13-17-9-11-19(29-4)12-10-17)26-16-18-15-22(28(2)3)27-21-8-6-5-7-20(18)21;/h5-12,15H,13-14,16H2,1-4H3,(H2,24,25,26);1H. The van der Waals surface area contributed by atoms with Gasteiger partial charge in [0.15, 0.2) is 5.96 Å². The lowest BCUT2D eigenvalue weighted by Gasteiger charge is -2.17. The van der Waals surface area contributed by atoms with E-state index in [1.54, 1.807) is 14.2 Å². The summed E-state index contributed by atoms with van der Waals surface area (Å²) in [4.78, 5) is 11.1. The lowest BCUT2D eigenvalue weighted by molar-refractivity contribution is 0.414. The molecular formula is C23H30IN5O. The van der Waals surface area contributed by atoms with Gasteiger partial charge in [0.1, 0.15) is 11.6 Å². The quantitative estimate of drug-likeness (QED) is 0.282. The van der Waals surface area contributed by atoms with Gasteiger partial charge in [-0.05, 0) is 41.8 Å². The smallest absolute Gasteiger partial charge is 0.191 e. The van der Waals surface area contributed by atoms with Crippen LogP contribution in [0.25, 0.3) is 10.9 Å². The molecule has 3 aromatic rings. The van der Waals surface area contributed by atoms with Crippen LogP contribution >= 0.6 is 24.0 Å². The number of hydrogen-bond acceptors (Lipinski definition) is 4. The summed E-state index contributed by atoms with van der Waals surface area (Å²) in [6, 6.07) is 18.5. The molecule has 2 aromatic carbocycles. The number of ether oxygens (including phenoxy) is 1. The van der Waals surface area contributed by atoms with E-state index in [1.807, 2.05) is 49.3 Å². The minimum atomic E-state index is 0. The number of para-hydroxylation sites is 1. The van der Waals surface area contributed by atoms with Gasteiger partial charge in [-0.15, -0.1) is 24.0 Å². The number of anilines is 1. The predicted molar refractivity (Wildman–Crippen MR) is 136 cm³/mol. The molecule has 0 atom stereocenters. The van der Waals surface area contributed by atoms with Crippen molar-refractivity contribution in [3.05, 3.63) is 65.7 Å². The molecule has 7 heteroatoms. The Hall–Kier alpha value is -2.55. The Morgan fingerprint density at radius 2 is 1.80 bits per heavy atom. The first-order chi connectivity index (χ1) is 14.1. The largest absolute Gasteiger partial charge is 0.497 e. The Balaban J connectivity index is 0.00000320.